The first-order chi connectivity index (χ1) is 11.1. The van der Waals surface area contributed by atoms with Gasteiger partial charge in [0.1, 0.15) is 0 Å². The van der Waals surface area contributed by atoms with E-state index in [1.54, 1.807) is 0 Å². The molecule has 0 fully saturated rings. The number of aryl methyl sites for hydroxylation is 1. The van der Waals surface area contributed by atoms with Gasteiger partial charge < -0.3 is 24.3 Å². The van der Waals surface area contributed by atoms with Crippen molar-refractivity contribution in [1.29, 1.82) is 0 Å². The summed E-state index contributed by atoms with van der Waals surface area (Å²) < 4.78 is 17.2. The molecule has 0 radical (unpaired) electrons. The Morgan fingerprint density at radius 3 is 1.83 bits per heavy atom. The van der Waals surface area contributed by atoms with Crippen molar-refractivity contribution < 1.29 is 24.3 Å². The van der Waals surface area contributed by atoms with Crippen LogP contribution in [0.25, 0.3) is 0 Å². The molecule has 0 atom stereocenters. The maximum absolute atomic E-state index is 9.80. The first kappa shape index (κ1) is 19.6. The molecule has 0 saturated carbocycles. The molecule has 0 aliphatic heterocycles. The lowest BCUT2D eigenvalue weighted by atomic mass is 9.79. The van der Waals surface area contributed by atoms with Crippen molar-refractivity contribution in [2.75, 3.05) is 19.8 Å². The van der Waals surface area contributed by atoms with Crippen LogP contribution in [0.2, 0.25) is 0 Å². The molecule has 1 aromatic rings. The summed E-state index contributed by atoms with van der Waals surface area (Å²) in [5, 5.41) is 19.6. The van der Waals surface area contributed by atoms with Gasteiger partial charge in [-0.25, -0.2) is 4.98 Å². The highest BCUT2D eigenvalue weighted by molar-refractivity contribution is 6.61. The second-order valence-electron chi connectivity index (χ2n) is 5.21. The van der Waals surface area contributed by atoms with Gasteiger partial charge in [0, 0.05) is 0 Å². The van der Waals surface area contributed by atoms with Crippen molar-refractivity contribution in [3.8, 4) is 17.4 Å². The van der Waals surface area contributed by atoms with Crippen molar-refractivity contribution in [2.45, 2.75) is 53.4 Å². The molecule has 1 heterocycles. The summed E-state index contributed by atoms with van der Waals surface area (Å²) in [6.07, 6.45) is 3.06. The molecule has 1 aromatic heterocycles. The molecule has 6 nitrogen and oxygen atoms in total. The Morgan fingerprint density at radius 2 is 1.35 bits per heavy atom. The van der Waals surface area contributed by atoms with Gasteiger partial charge in [-0.2, -0.15) is 0 Å². The predicted octanol–water partition coefficient (Wildman–Crippen LogP) is 1.69. The zero-order valence-electron chi connectivity index (χ0n) is 14.6. The van der Waals surface area contributed by atoms with E-state index in [0.29, 0.717) is 43.4 Å². The SMILES string of the molecule is CCCOc1nc(CC)c(OCCC)c(OCCC)c1B(O)O. The molecule has 2 N–H and O–H groups in total. The standard InChI is InChI=1S/C16H28BNO5/c1-5-9-21-14-12(8-4)18-16(23-11-7-3)13(17(19)20)15(14)22-10-6-2/h19-20H,5-11H2,1-4H3. The van der Waals surface area contributed by atoms with Gasteiger partial charge >= 0.3 is 7.12 Å². The van der Waals surface area contributed by atoms with Gasteiger partial charge in [0.15, 0.2) is 11.5 Å². The molecule has 0 aliphatic rings. The van der Waals surface area contributed by atoms with Crippen LogP contribution in [0.15, 0.2) is 0 Å². The van der Waals surface area contributed by atoms with Gasteiger partial charge in [-0.1, -0.05) is 27.7 Å². The fourth-order valence-electron chi connectivity index (χ4n) is 2.06. The Labute approximate surface area is 138 Å². The quantitative estimate of drug-likeness (QED) is 0.603. The van der Waals surface area contributed by atoms with E-state index in [1.165, 1.54) is 0 Å². The zero-order valence-corrected chi connectivity index (χ0v) is 14.6. The van der Waals surface area contributed by atoms with E-state index >= 15 is 0 Å². The third kappa shape index (κ3) is 5.29. The van der Waals surface area contributed by atoms with Crippen molar-refractivity contribution in [3.63, 3.8) is 0 Å². The molecule has 0 amide bonds. The lowest BCUT2D eigenvalue weighted by Gasteiger charge is -2.21. The summed E-state index contributed by atoms with van der Waals surface area (Å²) in [6.45, 7) is 9.32. The number of ether oxygens (including phenoxy) is 3. The van der Waals surface area contributed by atoms with Crippen LogP contribution in [0.1, 0.15) is 52.7 Å². The first-order valence-electron chi connectivity index (χ1n) is 8.41. The van der Waals surface area contributed by atoms with E-state index in [0.717, 1.165) is 19.3 Å². The van der Waals surface area contributed by atoms with Crippen molar-refractivity contribution in [1.82, 2.24) is 4.98 Å². The number of hydrogen-bond donors (Lipinski definition) is 2. The largest absolute Gasteiger partial charge is 0.498 e. The number of rotatable bonds is 11. The van der Waals surface area contributed by atoms with E-state index in [1.807, 2.05) is 27.7 Å². The molecule has 0 bridgehead atoms. The molecule has 0 aliphatic carbocycles. The molecule has 0 saturated heterocycles. The zero-order chi connectivity index (χ0) is 17.2. The molecule has 23 heavy (non-hydrogen) atoms. The molecule has 0 unspecified atom stereocenters. The lowest BCUT2D eigenvalue weighted by Crippen LogP contribution is -2.35. The highest BCUT2D eigenvalue weighted by Crippen LogP contribution is 2.33. The predicted molar refractivity (Wildman–Crippen MR) is 90.8 cm³/mol. The maximum Gasteiger partial charge on any atom is 0.498 e. The highest BCUT2D eigenvalue weighted by atomic mass is 16.5. The summed E-state index contributed by atoms with van der Waals surface area (Å²) in [5.74, 6) is 1.01. The molecular formula is C16H28BNO5. The summed E-state index contributed by atoms with van der Waals surface area (Å²) >= 11 is 0. The van der Waals surface area contributed by atoms with Crippen molar-refractivity contribution in [3.05, 3.63) is 5.69 Å². The van der Waals surface area contributed by atoms with Crippen molar-refractivity contribution in [2.24, 2.45) is 0 Å². The van der Waals surface area contributed by atoms with Gasteiger partial charge in [0.25, 0.3) is 0 Å². The molecule has 7 heteroatoms. The molecular weight excluding hydrogens is 297 g/mol. The Morgan fingerprint density at radius 1 is 0.826 bits per heavy atom. The summed E-state index contributed by atoms with van der Waals surface area (Å²) in [7, 11) is -1.74. The van der Waals surface area contributed by atoms with E-state index in [-0.39, 0.29) is 11.3 Å². The summed E-state index contributed by atoms with van der Waals surface area (Å²) in [4.78, 5) is 4.42. The minimum absolute atomic E-state index is 0.134. The molecule has 0 spiro atoms. The van der Waals surface area contributed by atoms with Crippen LogP contribution in [-0.2, 0) is 6.42 Å². The number of pyridine rings is 1. The van der Waals surface area contributed by atoms with Crippen LogP contribution in [0.5, 0.6) is 17.4 Å². The monoisotopic (exact) mass is 325 g/mol. The van der Waals surface area contributed by atoms with Crippen LogP contribution in [0.4, 0.5) is 0 Å². The Kier molecular flexibility index (Phi) is 8.80. The highest BCUT2D eigenvalue weighted by Gasteiger charge is 2.30. The van der Waals surface area contributed by atoms with Crippen LogP contribution in [0, 0.1) is 0 Å². The number of aromatic nitrogens is 1. The number of hydrogen-bond acceptors (Lipinski definition) is 6. The molecule has 0 aromatic carbocycles. The topological polar surface area (TPSA) is 81.0 Å². The fraction of sp³-hybridized carbons (Fsp3) is 0.688. The van der Waals surface area contributed by atoms with Crippen LogP contribution < -0.4 is 19.7 Å². The average Bonchev–Trinajstić information content (AvgIpc) is 2.55. The van der Waals surface area contributed by atoms with Gasteiger partial charge in [-0.15, -0.1) is 0 Å². The van der Waals surface area contributed by atoms with E-state index in [4.69, 9.17) is 14.2 Å². The smallest absolute Gasteiger partial charge is 0.490 e. The van der Waals surface area contributed by atoms with Gasteiger partial charge in [-0.3, -0.25) is 0 Å². The summed E-state index contributed by atoms with van der Waals surface area (Å²) in [6, 6.07) is 0. The number of nitrogens with zero attached hydrogens (tertiary/aromatic N) is 1. The minimum Gasteiger partial charge on any atom is -0.490 e. The Bertz CT molecular complexity index is 482. The van der Waals surface area contributed by atoms with E-state index in [9.17, 15) is 10.0 Å². The van der Waals surface area contributed by atoms with Gasteiger partial charge in [0.2, 0.25) is 5.88 Å². The summed E-state index contributed by atoms with van der Waals surface area (Å²) in [5.41, 5.74) is 0.829. The van der Waals surface area contributed by atoms with Crippen molar-refractivity contribution >= 4 is 12.6 Å². The van der Waals surface area contributed by atoms with E-state index < -0.39 is 7.12 Å². The van der Waals surface area contributed by atoms with Gasteiger partial charge in [-0.05, 0) is 25.7 Å². The van der Waals surface area contributed by atoms with Crippen LogP contribution in [0.3, 0.4) is 0 Å². The van der Waals surface area contributed by atoms with Crippen LogP contribution >= 0.6 is 0 Å². The third-order valence-electron chi connectivity index (χ3n) is 3.12. The Balaban J connectivity index is 3.42. The second kappa shape index (κ2) is 10.3. The second-order valence-corrected chi connectivity index (χ2v) is 5.21. The Hall–Kier alpha value is -1.47. The first-order valence-corrected chi connectivity index (χ1v) is 8.41. The van der Waals surface area contributed by atoms with Gasteiger partial charge in [0.05, 0.1) is 31.0 Å². The average molecular weight is 325 g/mol. The third-order valence-corrected chi connectivity index (χ3v) is 3.12. The van der Waals surface area contributed by atoms with E-state index in [2.05, 4.69) is 4.98 Å². The lowest BCUT2D eigenvalue weighted by molar-refractivity contribution is 0.258. The maximum atomic E-state index is 9.80. The molecule has 130 valence electrons. The van der Waals surface area contributed by atoms with Crippen LogP contribution in [-0.4, -0.2) is 42.0 Å². The normalized spacial score (nSPS) is 10.5. The molecule has 1 rings (SSSR count). The minimum atomic E-state index is -1.74. The fourth-order valence-corrected chi connectivity index (χ4v) is 2.06.